The van der Waals surface area contributed by atoms with E-state index in [0.717, 1.165) is 31.0 Å². The molecule has 2 aromatic rings. The lowest BCUT2D eigenvalue weighted by Crippen LogP contribution is -2.26. The summed E-state index contributed by atoms with van der Waals surface area (Å²) in [6.45, 7) is 3.10. The molecule has 0 unspecified atom stereocenters. The van der Waals surface area contributed by atoms with Gasteiger partial charge < -0.3 is 14.4 Å². The van der Waals surface area contributed by atoms with Gasteiger partial charge in [0.2, 0.25) is 0 Å². The molecule has 0 aliphatic rings. The van der Waals surface area contributed by atoms with E-state index in [9.17, 15) is 0 Å². The number of nitriles is 1. The summed E-state index contributed by atoms with van der Waals surface area (Å²) in [5.74, 6) is 1.65. The molecule has 4 nitrogen and oxygen atoms in total. The van der Waals surface area contributed by atoms with E-state index in [-0.39, 0.29) is 0 Å². The number of ether oxygens (including phenoxy) is 2. The normalized spacial score (nSPS) is 10.3. The SMILES string of the molecule is CN(CCCOc1ccccc1)CCOc1cccc(C#N)c1. The second-order valence-corrected chi connectivity index (χ2v) is 5.31. The van der Waals surface area contributed by atoms with Crippen LogP contribution >= 0.6 is 0 Å². The van der Waals surface area contributed by atoms with E-state index in [1.54, 1.807) is 12.1 Å². The summed E-state index contributed by atoms with van der Waals surface area (Å²) in [5.41, 5.74) is 0.619. The van der Waals surface area contributed by atoms with Gasteiger partial charge in [0.25, 0.3) is 0 Å². The van der Waals surface area contributed by atoms with Crippen LogP contribution in [0.25, 0.3) is 0 Å². The molecule has 0 aliphatic heterocycles. The smallest absolute Gasteiger partial charge is 0.120 e. The average molecular weight is 310 g/mol. The van der Waals surface area contributed by atoms with Crippen LogP contribution in [0.15, 0.2) is 54.6 Å². The molecule has 0 saturated carbocycles. The van der Waals surface area contributed by atoms with Crippen LogP contribution in [0.2, 0.25) is 0 Å². The Hall–Kier alpha value is -2.51. The average Bonchev–Trinajstić information content (AvgIpc) is 2.60. The fraction of sp³-hybridized carbons (Fsp3) is 0.316. The van der Waals surface area contributed by atoms with Crippen LogP contribution in [0.5, 0.6) is 11.5 Å². The molecule has 0 spiro atoms. The van der Waals surface area contributed by atoms with Gasteiger partial charge in [-0.05, 0) is 43.8 Å². The maximum atomic E-state index is 8.85. The highest BCUT2D eigenvalue weighted by molar-refractivity contribution is 5.36. The summed E-state index contributed by atoms with van der Waals surface area (Å²) in [7, 11) is 2.07. The van der Waals surface area contributed by atoms with Crippen molar-refractivity contribution in [2.24, 2.45) is 0 Å². The summed E-state index contributed by atoms with van der Waals surface area (Å²) in [6.07, 6.45) is 0.968. The van der Waals surface area contributed by atoms with E-state index in [2.05, 4.69) is 18.0 Å². The van der Waals surface area contributed by atoms with Crippen LogP contribution in [-0.2, 0) is 0 Å². The monoisotopic (exact) mass is 310 g/mol. The van der Waals surface area contributed by atoms with Crippen molar-refractivity contribution >= 4 is 0 Å². The highest BCUT2D eigenvalue weighted by Gasteiger charge is 2.01. The minimum absolute atomic E-state index is 0.602. The molecule has 0 amide bonds. The summed E-state index contributed by atoms with van der Waals surface area (Å²) in [6, 6.07) is 19.2. The molecule has 0 N–H and O–H groups in total. The third-order valence-electron chi connectivity index (χ3n) is 3.40. The number of likely N-dealkylation sites (N-methyl/N-ethyl adjacent to an activating group) is 1. The van der Waals surface area contributed by atoms with Crippen molar-refractivity contribution in [1.29, 1.82) is 5.26 Å². The molecule has 0 heterocycles. The van der Waals surface area contributed by atoms with Crippen molar-refractivity contribution in [3.05, 3.63) is 60.2 Å². The lowest BCUT2D eigenvalue weighted by atomic mass is 10.2. The van der Waals surface area contributed by atoms with Gasteiger partial charge in [-0.2, -0.15) is 5.26 Å². The van der Waals surface area contributed by atoms with Gasteiger partial charge in [0.05, 0.1) is 18.2 Å². The lowest BCUT2D eigenvalue weighted by molar-refractivity contribution is 0.219. The van der Waals surface area contributed by atoms with Crippen LogP contribution in [-0.4, -0.2) is 38.3 Å². The standard InChI is InChI=1S/C19H22N2O2/c1-21(11-6-13-22-18-8-3-2-4-9-18)12-14-23-19-10-5-7-17(15-19)16-20/h2-5,7-10,15H,6,11-14H2,1H3. The molecule has 0 bridgehead atoms. The van der Waals surface area contributed by atoms with E-state index in [1.807, 2.05) is 42.5 Å². The Morgan fingerprint density at radius 1 is 0.913 bits per heavy atom. The van der Waals surface area contributed by atoms with E-state index >= 15 is 0 Å². The van der Waals surface area contributed by atoms with Crippen LogP contribution in [0.1, 0.15) is 12.0 Å². The molecule has 23 heavy (non-hydrogen) atoms. The van der Waals surface area contributed by atoms with Crippen molar-refractivity contribution in [2.45, 2.75) is 6.42 Å². The van der Waals surface area contributed by atoms with Crippen LogP contribution in [0.3, 0.4) is 0 Å². The Bertz CT molecular complexity index is 623. The van der Waals surface area contributed by atoms with Gasteiger partial charge in [0, 0.05) is 13.1 Å². The van der Waals surface area contributed by atoms with Gasteiger partial charge >= 0.3 is 0 Å². The van der Waals surface area contributed by atoms with Crippen molar-refractivity contribution < 1.29 is 9.47 Å². The summed E-state index contributed by atoms with van der Waals surface area (Å²) in [5, 5.41) is 8.85. The molecule has 0 saturated heterocycles. The quantitative estimate of drug-likeness (QED) is 0.666. The molecular formula is C19H22N2O2. The Morgan fingerprint density at radius 2 is 1.65 bits per heavy atom. The second-order valence-electron chi connectivity index (χ2n) is 5.31. The Balaban J connectivity index is 1.58. The zero-order valence-corrected chi connectivity index (χ0v) is 13.4. The molecule has 4 heteroatoms. The molecule has 0 atom stereocenters. The van der Waals surface area contributed by atoms with Gasteiger partial charge in [0.1, 0.15) is 18.1 Å². The Kier molecular flexibility index (Phi) is 6.96. The first-order valence-electron chi connectivity index (χ1n) is 7.77. The van der Waals surface area contributed by atoms with Crippen LogP contribution in [0.4, 0.5) is 0 Å². The predicted molar refractivity (Wildman–Crippen MR) is 90.7 cm³/mol. The lowest BCUT2D eigenvalue weighted by Gasteiger charge is -2.17. The van der Waals surface area contributed by atoms with E-state index < -0.39 is 0 Å². The molecule has 2 rings (SSSR count). The van der Waals surface area contributed by atoms with Crippen molar-refractivity contribution in [3.8, 4) is 17.6 Å². The maximum Gasteiger partial charge on any atom is 0.120 e. The molecule has 0 fully saturated rings. The van der Waals surface area contributed by atoms with E-state index in [1.165, 1.54) is 0 Å². The second kappa shape index (κ2) is 9.50. The summed E-state index contributed by atoms with van der Waals surface area (Å²) in [4.78, 5) is 2.21. The highest BCUT2D eigenvalue weighted by Crippen LogP contribution is 2.12. The van der Waals surface area contributed by atoms with E-state index in [4.69, 9.17) is 14.7 Å². The van der Waals surface area contributed by atoms with E-state index in [0.29, 0.717) is 18.8 Å². The minimum atomic E-state index is 0.602. The zero-order valence-electron chi connectivity index (χ0n) is 13.4. The Morgan fingerprint density at radius 3 is 2.43 bits per heavy atom. The number of hydrogen-bond acceptors (Lipinski definition) is 4. The number of rotatable bonds is 9. The van der Waals surface area contributed by atoms with Crippen LogP contribution < -0.4 is 9.47 Å². The molecule has 120 valence electrons. The predicted octanol–water partition coefficient (Wildman–Crippen LogP) is 3.34. The third-order valence-corrected chi connectivity index (χ3v) is 3.40. The molecular weight excluding hydrogens is 288 g/mol. The van der Waals surface area contributed by atoms with Crippen molar-refractivity contribution in [1.82, 2.24) is 4.90 Å². The number of nitrogens with zero attached hydrogens (tertiary/aromatic N) is 2. The first-order valence-corrected chi connectivity index (χ1v) is 7.77. The molecule has 2 aromatic carbocycles. The van der Waals surface area contributed by atoms with Crippen LogP contribution in [0, 0.1) is 11.3 Å². The topological polar surface area (TPSA) is 45.5 Å². The fourth-order valence-electron chi connectivity index (χ4n) is 2.13. The zero-order chi connectivity index (χ0) is 16.3. The van der Waals surface area contributed by atoms with Gasteiger partial charge in [-0.25, -0.2) is 0 Å². The molecule has 0 aliphatic carbocycles. The van der Waals surface area contributed by atoms with Crippen molar-refractivity contribution in [3.63, 3.8) is 0 Å². The van der Waals surface area contributed by atoms with Gasteiger partial charge in [-0.3, -0.25) is 0 Å². The summed E-state index contributed by atoms with van der Waals surface area (Å²) < 4.78 is 11.3. The largest absolute Gasteiger partial charge is 0.494 e. The molecule has 0 aromatic heterocycles. The van der Waals surface area contributed by atoms with Gasteiger partial charge in [0.15, 0.2) is 0 Å². The van der Waals surface area contributed by atoms with Gasteiger partial charge in [-0.15, -0.1) is 0 Å². The number of benzene rings is 2. The minimum Gasteiger partial charge on any atom is -0.494 e. The molecule has 0 radical (unpaired) electrons. The number of para-hydroxylation sites is 1. The fourth-order valence-corrected chi connectivity index (χ4v) is 2.13. The first-order chi connectivity index (χ1) is 11.3. The maximum absolute atomic E-state index is 8.85. The Labute approximate surface area is 137 Å². The highest BCUT2D eigenvalue weighted by atomic mass is 16.5. The first kappa shape index (κ1) is 16.9. The summed E-state index contributed by atoms with van der Waals surface area (Å²) >= 11 is 0. The number of hydrogen-bond donors (Lipinski definition) is 0. The van der Waals surface area contributed by atoms with Crippen molar-refractivity contribution in [2.75, 3.05) is 33.4 Å². The van der Waals surface area contributed by atoms with Gasteiger partial charge in [-0.1, -0.05) is 24.3 Å². The third kappa shape index (κ3) is 6.41.